The molecule has 0 atom stereocenters. The van der Waals surface area contributed by atoms with Gasteiger partial charge in [-0.3, -0.25) is 0 Å². The van der Waals surface area contributed by atoms with E-state index in [0.717, 1.165) is 4.48 Å². The van der Waals surface area contributed by atoms with Crippen molar-refractivity contribution in [2.75, 3.05) is 54.9 Å². The number of hydrogen-bond donors (Lipinski definition) is 0. The van der Waals surface area contributed by atoms with Crippen LogP contribution in [0.15, 0.2) is 0 Å². The molecule has 0 N–H and O–H groups in total. The van der Waals surface area contributed by atoms with Crippen molar-refractivity contribution in [1.29, 1.82) is 0 Å². The highest BCUT2D eigenvalue weighted by atomic mass is 15.3. The molecule has 0 aromatic carbocycles. The summed E-state index contributed by atoms with van der Waals surface area (Å²) in [4.78, 5) is 0. The molecule has 0 amide bonds. The van der Waals surface area contributed by atoms with Gasteiger partial charge in [0.05, 0.1) is 54.9 Å². The van der Waals surface area contributed by atoms with Gasteiger partial charge < -0.3 is 8.97 Å². The summed E-state index contributed by atoms with van der Waals surface area (Å²) >= 11 is 0. The summed E-state index contributed by atoms with van der Waals surface area (Å²) in [5, 5.41) is 0. The van der Waals surface area contributed by atoms with E-state index in [4.69, 9.17) is 0 Å². The molecule has 0 aromatic heterocycles. The Kier molecular flexibility index (Phi) is 40.4. The van der Waals surface area contributed by atoms with Gasteiger partial charge in [-0.1, -0.05) is 201 Å². The number of rotatable bonds is 37. The summed E-state index contributed by atoms with van der Waals surface area (Å²) in [5.74, 6) is 0. The standard InChI is InChI=1S/C26H56N.C19H42N/c1-5-7-9-11-13-15-17-19-21-23-25-27(3,4)26-24-22-20-18-16-14-12-10-8-6-2;1-5-6-7-8-9-10-11-12-13-14-15-16-17-18-19-20(2,3)4/h5-26H2,1-4H3;5-19H2,1-4H3/q2*+1. The minimum absolute atomic E-state index is 1.12. The molecule has 0 aliphatic heterocycles. The van der Waals surface area contributed by atoms with Crippen LogP contribution in [0.25, 0.3) is 0 Å². The van der Waals surface area contributed by atoms with Crippen LogP contribution in [0.4, 0.5) is 0 Å². The molecule has 47 heavy (non-hydrogen) atoms. The zero-order chi connectivity index (χ0) is 35.2. The van der Waals surface area contributed by atoms with Crippen LogP contribution in [-0.4, -0.2) is 63.8 Å². The molecule has 0 aromatic rings. The molecule has 0 radical (unpaired) electrons. The first-order valence-electron chi connectivity index (χ1n) is 22.3. The van der Waals surface area contributed by atoms with Crippen LogP contribution in [0.1, 0.15) is 239 Å². The van der Waals surface area contributed by atoms with Gasteiger partial charge in [-0.15, -0.1) is 0 Å². The minimum atomic E-state index is 1.12. The van der Waals surface area contributed by atoms with Crippen LogP contribution >= 0.6 is 0 Å². The van der Waals surface area contributed by atoms with E-state index in [1.165, 1.54) is 242 Å². The molecule has 2 heteroatoms. The molecule has 0 heterocycles. The molecule has 0 unspecified atom stereocenters. The zero-order valence-corrected chi connectivity index (χ0v) is 35.1. The maximum Gasteiger partial charge on any atom is 0.0782 e. The minimum Gasteiger partial charge on any atom is -0.331 e. The van der Waals surface area contributed by atoms with E-state index < -0.39 is 0 Å². The Morgan fingerprint density at radius 3 is 0.574 bits per heavy atom. The fourth-order valence-electron chi connectivity index (χ4n) is 6.95. The van der Waals surface area contributed by atoms with E-state index in [-0.39, 0.29) is 0 Å². The first kappa shape index (κ1) is 49.0. The fraction of sp³-hybridized carbons (Fsp3) is 1.00. The first-order valence-corrected chi connectivity index (χ1v) is 22.3. The van der Waals surface area contributed by atoms with Gasteiger partial charge in [0.15, 0.2) is 0 Å². The van der Waals surface area contributed by atoms with Crippen molar-refractivity contribution in [2.45, 2.75) is 239 Å². The third-order valence-corrected chi connectivity index (χ3v) is 10.4. The smallest absolute Gasteiger partial charge is 0.0782 e. The van der Waals surface area contributed by atoms with Gasteiger partial charge >= 0.3 is 0 Å². The summed E-state index contributed by atoms with van der Waals surface area (Å²) in [6.07, 6.45) is 49.4. The summed E-state index contributed by atoms with van der Waals surface area (Å²) in [6.45, 7) is 11.0. The Morgan fingerprint density at radius 1 is 0.213 bits per heavy atom. The second-order valence-electron chi connectivity index (χ2n) is 17.4. The van der Waals surface area contributed by atoms with Crippen LogP contribution in [0.5, 0.6) is 0 Å². The molecular weight excluding hydrogens is 569 g/mol. The van der Waals surface area contributed by atoms with E-state index in [2.05, 4.69) is 56.0 Å². The van der Waals surface area contributed by atoms with E-state index in [0.29, 0.717) is 0 Å². The van der Waals surface area contributed by atoms with Crippen molar-refractivity contribution in [3.63, 3.8) is 0 Å². The van der Waals surface area contributed by atoms with Crippen LogP contribution in [-0.2, 0) is 0 Å². The first-order chi connectivity index (χ1) is 22.7. The van der Waals surface area contributed by atoms with Crippen molar-refractivity contribution in [1.82, 2.24) is 0 Å². The van der Waals surface area contributed by atoms with Gasteiger partial charge in [0.1, 0.15) is 0 Å². The topological polar surface area (TPSA) is 0 Å². The Bertz CT molecular complexity index is 523. The van der Waals surface area contributed by atoms with Crippen LogP contribution in [0.3, 0.4) is 0 Å². The third kappa shape index (κ3) is 48.1. The molecule has 0 aliphatic rings. The average Bonchev–Trinajstić information content (AvgIpc) is 3.03. The largest absolute Gasteiger partial charge is 0.331 e. The van der Waals surface area contributed by atoms with Crippen LogP contribution < -0.4 is 0 Å². The van der Waals surface area contributed by atoms with E-state index in [1.807, 2.05) is 0 Å². The average molecular weight is 667 g/mol. The van der Waals surface area contributed by atoms with Crippen LogP contribution in [0.2, 0.25) is 0 Å². The van der Waals surface area contributed by atoms with Crippen molar-refractivity contribution in [2.24, 2.45) is 0 Å². The SMILES string of the molecule is CCCCCCCCCCCCCCCC[N+](C)(C)C.CCCCCCCCCCCC[N+](C)(C)CCCCCCCCCCCC. The molecule has 0 aliphatic carbocycles. The Balaban J connectivity index is 0. The van der Waals surface area contributed by atoms with Gasteiger partial charge in [-0.05, 0) is 38.5 Å². The van der Waals surface area contributed by atoms with Gasteiger partial charge in [-0.25, -0.2) is 0 Å². The predicted octanol–water partition coefficient (Wildman–Crippen LogP) is 15.1. The molecule has 0 saturated carbocycles. The number of hydrogen-bond acceptors (Lipinski definition) is 0. The molecule has 0 bridgehead atoms. The highest BCUT2D eigenvalue weighted by molar-refractivity contribution is 4.51. The highest BCUT2D eigenvalue weighted by Crippen LogP contribution is 2.15. The maximum absolute atomic E-state index is 2.45. The van der Waals surface area contributed by atoms with Crippen LogP contribution in [0, 0.1) is 0 Å². The van der Waals surface area contributed by atoms with Crippen molar-refractivity contribution in [3.8, 4) is 0 Å². The Hall–Kier alpha value is -0.0800. The van der Waals surface area contributed by atoms with E-state index in [9.17, 15) is 0 Å². The Morgan fingerprint density at radius 2 is 0.383 bits per heavy atom. The second kappa shape index (κ2) is 38.7. The summed E-state index contributed by atoms with van der Waals surface area (Å²) in [7, 11) is 11.8. The summed E-state index contributed by atoms with van der Waals surface area (Å²) < 4.78 is 2.37. The zero-order valence-electron chi connectivity index (χ0n) is 35.1. The highest BCUT2D eigenvalue weighted by Gasteiger charge is 2.13. The lowest BCUT2D eigenvalue weighted by Gasteiger charge is -2.30. The van der Waals surface area contributed by atoms with Crippen molar-refractivity contribution < 1.29 is 8.97 Å². The lowest BCUT2D eigenvalue weighted by atomic mass is 10.0. The maximum atomic E-state index is 2.45. The van der Waals surface area contributed by atoms with Crippen molar-refractivity contribution in [3.05, 3.63) is 0 Å². The van der Waals surface area contributed by atoms with Crippen molar-refractivity contribution >= 4 is 0 Å². The number of nitrogens with zero attached hydrogens (tertiary/aromatic N) is 2. The number of quaternary nitrogens is 2. The lowest BCUT2D eigenvalue weighted by molar-refractivity contribution is -0.890. The lowest BCUT2D eigenvalue weighted by Crippen LogP contribution is -2.41. The second-order valence-corrected chi connectivity index (χ2v) is 17.4. The third-order valence-electron chi connectivity index (χ3n) is 10.4. The van der Waals surface area contributed by atoms with E-state index >= 15 is 0 Å². The van der Waals surface area contributed by atoms with Gasteiger partial charge in [-0.2, -0.15) is 0 Å². The van der Waals surface area contributed by atoms with Gasteiger partial charge in [0, 0.05) is 0 Å². The van der Waals surface area contributed by atoms with E-state index in [1.54, 1.807) is 0 Å². The summed E-state index contributed by atoms with van der Waals surface area (Å²) in [6, 6.07) is 0. The molecule has 0 fully saturated rings. The summed E-state index contributed by atoms with van der Waals surface area (Å²) in [5.41, 5.74) is 0. The predicted molar refractivity (Wildman–Crippen MR) is 219 cm³/mol. The molecule has 2 nitrogen and oxygen atoms in total. The molecule has 286 valence electrons. The molecule has 0 rings (SSSR count). The molecular formula is C45H98N2+2. The fourth-order valence-corrected chi connectivity index (χ4v) is 6.95. The number of unbranched alkanes of at least 4 members (excludes halogenated alkanes) is 31. The van der Waals surface area contributed by atoms with Gasteiger partial charge in [0.25, 0.3) is 0 Å². The monoisotopic (exact) mass is 667 g/mol. The van der Waals surface area contributed by atoms with Gasteiger partial charge in [0.2, 0.25) is 0 Å². The molecule has 0 saturated heterocycles. The Labute approximate surface area is 302 Å². The normalized spacial score (nSPS) is 12.0. The quantitative estimate of drug-likeness (QED) is 0.0457. The molecule has 0 spiro atoms.